The van der Waals surface area contributed by atoms with Crippen LogP contribution in [0, 0.1) is 0 Å². The minimum Gasteiger partial charge on any atom is -0.469 e. The normalized spacial score (nSPS) is 15.6. The summed E-state index contributed by atoms with van der Waals surface area (Å²) in [5, 5.41) is 0. The zero-order valence-corrected chi connectivity index (χ0v) is 16.7. The third kappa shape index (κ3) is 3.46. The second-order valence-corrected chi connectivity index (χ2v) is 7.69. The van der Waals surface area contributed by atoms with Crippen molar-refractivity contribution >= 4 is 18.1 Å². The van der Waals surface area contributed by atoms with Crippen LogP contribution < -0.4 is 4.74 Å². The molecule has 0 N–H and O–H groups in total. The lowest BCUT2D eigenvalue weighted by atomic mass is 10.1. The van der Waals surface area contributed by atoms with E-state index in [0.717, 1.165) is 17.4 Å². The van der Waals surface area contributed by atoms with Gasteiger partial charge in [0.15, 0.2) is 6.23 Å². The molecule has 5 rings (SSSR count). The summed E-state index contributed by atoms with van der Waals surface area (Å²) in [6.07, 6.45) is 0.0995. The summed E-state index contributed by atoms with van der Waals surface area (Å²) in [6.45, 7) is 1.14. The number of carbonyl (C=O) groups is 3. The summed E-state index contributed by atoms with van der Waals surface area (Å²) in [5.74, 6) is 0.349. The van der Waals surface area contributed by atoms with Crippen molar-refractivity contribution in [2.75, 3.05) is 6.54 Å². The van der Waals surface area contributed by atoms with Crippen molar-refractivity contribution in [3.63, 3.8) is 0 Å². The molecule has 0 fully saturated rings. The van der Waals surface area contributed by atoms with E-state index in [1.54, 1.807) is 34.1 Å². The van der Waals surface area contributed by atoms with Gasteiger partial charge in [-0.1, -0.05) is 36.4 Å². The molecule has 1 unspecified atom stereocenters. The van der Waals surface area contributed by atoms with Crippen molar-refractivity contribution in [1.82, 2.24) is 9.80 Å². The van der Waals surface area contributed by atoms with Crippen LogP contribution in [0.25, 0.3) is 0 Å². The fraction of sp³-hybridized carbons (Fsp3) is 0.160. The second kappa shape index (κ2) is 7.72. The minimum atomic E-state index is -0.666. The zero-order chi connectivity index (χ0) is 21.4. The van der Waals surface area contributed by atoms with E-state index in [2.05, 4.69) is 0 Å². The molecule has 154 valence electrons. The molecule has 6 heteroatoms. The number of hydrogen-bond donors (Lipinski definition) is 0. The van der Waals surface area contributed by atoms with Gasteiger partial charge in [-0.15, -0.1) is 0 Å². The van der Waals surface area contributed by atoms with Crippen molar-refractivity contribution in [3.8, 4) is 5.75 Å². The smallest absolute Gasteiger partial charge is 0.257 e. The fourth-order valence-corrected chi connectivity index (χ4v) is 4.14. The van der Waals surface area contributed by atoms with E-state index in [9.17, 15) is 14.4 Å². The highest BCUT2D eigenvalue weighted by Crippen LogP contribution is 2.29. The summed E-state index contributed by atoms with van der Waals surface area (Å²) >= 11 is 0. The van der Waals surface area contributed by atoms with E-state index in [0.29, 0.717) is 35.5 Å². The Morgan fingerprint density at radius 3 is 2.03 bits per heavy atom. The van der Waals surface area contributed by atoms with Crippen LogP contribution in [0.15, 0.2) is 72.8 Å². The van der Waals surface area contributed by atoms with Crippen LogP contribution in [0.4, 0.5) is 0 Å². The summed E-state index contributed by atoms with van der Waals surface area (Å²) in [5.41, 5.74) is 3.79. The number of hydrogen-bond acceptors (Lipinski definition) is 4. The van der Waals surface area contributed by atoms with Gasteiger partial charge in [-0.05, 0) is 47.5 Å². The number of fused-ring (bicyclic) bond motifs is 2. The number of amides is 2. The van der Waals surface area contributed by atoms with E-state index in [1.807, 2.05) is 48.5 Å². The van der Waals surface area contributed by atoms with Gasteiger partial charge in [0.2, 0.25) is 0 Å². The number of aldehydes is 1. The number of ether oxygens (including phenoxy) is 1. The molecule has 2 heterocycles. The highest BCUT2D eigenvalue weighted by molar-refractivity contribution is 5.99. The molecule has 2 amide bonds. The predicted octanol–water partition coefficient (Wildman–Crippen LogP) is 3.52. The average Bonchev–Trinajstić information content (AvgIpc) is 3.31. The minimum absolute atomic E-state index is 0.0651. The molecule has 0 saturated carbocycles. The SMILES string of the molecule is O=Cc1ccc(OC(CN2Cc3ccccc3C2=O)N2Cc3ccccc3C2=O)cc1. The average molecular weight is 412 g/mol. The summed E-state index contributed by atoms with van der Waals surface area (Å²) < 4.78 is 6.20. The van der Waals surface area contributed by atoms with E-state index in [4.69, 9.17) is 4.74 Å². The molecular formula is C25H20N2O4. The van der Waals surface area contributed by atoms with Gasteiger partial charge in [-0.25, -0.2) is 0 Å². The van der Waals surface area contributed by atoms with Gasteiger partial charge in [-0.2, -0.15) is 0 Å². The Balaban J connectivity index is 1.43. The summed E-state index contributed by atoms with van der Waals surface area (Å²) in [4.78, 5) is 40.3. The van der Waals surface area contributed by atoms with Gasteiger partial charge >= 0.3 is 0 Å². The Morgan fingerprint density at radius 2 is 1.42 bits per heavy atom. The van der Waals surface area contributed by atoms with Gasteiger partial charge in [-0.3, -0.25) is 19.3 Å². The number of nitrogens with zero attached hydrogens (tertiary/aromatic N) is 2. The van der Waals surface area contributed by atoms with Crippen molar-refractivity contribution in [1.29, 1.82) is 0 Å². The summed E-state index contributed by atoms with van der Waals surface area (Å²) in [7, 11) is 0. The molecule has 0 radical (unpaired) electrons. The van der Waals surface area contributed by atoms with Crippen LogP contribution in [-0.2, 0) is 13.1 Å². The highest BCUT2D eigenvalue weighted by Gasteiger charge is 2.37. The molecule has 3 aromatic carbocycles. The van der Waals surface area contributed by atoms with Gasteiger partial charge < -0.3 is 9.64 Å². The molecule has 0 aromatic heterocycles. The van der Waals surface area contributed by atoms with Gasteiger partial charge in [0.05, 0.1) is 13.1 Å². The molecule has 0 aliphatic carbocycles. The van der Waals surface area contributed by atoms with E-state index in [1.165, 1.54) is 0 Å². The first kappa shape index (κ1) is 19.1. The lowest BCUT2D eigenvalue weighted by Gasteiger charge is -2.31. The maximum absolute atomic E-state index is 13.1. The van der Waals surface area contributed by atoms with Gasteiger partial charge in [0.1, 0.15) is 12.0 Å². The standard InChI is InChI=1S/C25H20N2O4/c28-16-17-9-11-20(12-10-17)31-23(27-14-19-6-2-4-8-22(19)25(27)30)15-26-13-18-5-1-3-7-21(18)24(26)29/h1-12,16,23H,13-15H2. The molecule has 0 saturated heterocycles. The molecule has 3 aromatic rings. The molecule has 2 aliphatic heterocycles. The second-order valence-electron chi connectivity index (χ2n) is 7.69. The molecule has 6 nitrogen and oxygen atoms in total. The Morgan fingerprint density at radius 1 is 0.806 bits per heavy atom. The number of carbonyl (C=O) groups excluding carboxylic acids is 3. The Labute approximate surface area is 179 Å². The van der Waals surface area contributed by atoms with E-state index < -0.39 is 6.23 Å². The first-order valence-electron chi connectivity index (χ1n) is 10.1. The van der Waals surface area contributed by atoms with Crippen LogP contribution in [-0.4, -0.2) is 40.7 Å². The lowest BCUT2D eigenvalue weighted by molar-refractivity contribution is 0.00508. The van der Waals surface area contributed by atoms with Crippen LogP contribution in [0.5, 0.6) is 5.75 Å². The Bertz CT molecular complexity index is 1170. The van der Waals surface area contributed by atoms with Crippen molar-refractivity contribution in [3.05, 3.63) is 101 Å². The van der Waals surface area contributed by atoms with Crippen LogP contribution in [0.2, 0.25) is 0 Å². The van der Waals surface area contributed by atoms with Gasteiger partial charge in [0.25, 0.3) is 11.8 Å². The molecule has 0 bridgehead atoms. The Kier molecular flexibility index (Phi) is 4.75. The third-order valence-electron chi connectivity index (χ3n) is 5.76. The van der Waals surface area contributed by atoms with E-state index in [-0.39, 0.29) is 18.4 Å². The quantitative estimate of drug-likeness (QED) is 0.581. The fourth-order valence-electron chi connectivity index (χ4n) is 4.14. The monoisotopic (exact) mass is 412 g/mol. The first-order chi connectivity index (χ1) is 15.1. The molecule has 1 atom stereocenters. The van der Waals surface area contributed by atoms with Crippen LogP contribution in [0.3, 0.4) is 0 Å². The molecule has 0 spiro atoms. The molecule has 2 aliphatic rings. The van der Waals surface area contributed by atoms with Gasteiger partial charge in [0, 0.05) is 23.2 Å². The van der Waals surface area contributed by atoms with E-state index >= 15 is 0 Å². The third-order valence-corrected chi connectivity index (χ3v) is 5.76. The number of rotatable bonds is 6. The largest absolute Gasteiger partial charge is 0.469 e. The van der Waals surface area contributed by atoms with Crippen LogP contribution >= 0.6 is 0 Å². The summed E-state index contributed by atoms with van der Waals surface area (Å²) in [6, 6.07) is 21.7. The maximum Gasteiger partial charge on any atom is 0.257 e. The lowest BCUT2D eigenvalue weighted by Crippen LogP contribution is -2.47. The first-order valence-corrected chi connectivity index (χ1v) is 10.1. The topological polar surface area (TPSA) is 66.9 Å². The van der Waals surface area contributed by atoms with Crippen molar-refractivity contribution in [2.24, 2.45) is 0 Å². The molecular weight excluding hydrogens is 392 g/mol. The van der Waals surface area contributed by atoms with Crippen molar-refractivity contribution in [2.45, 2.75) is 19.3 Å². The zero-order valence-electron chi connectivity index (χ0n) is 16.7. The van der Waals surface area contributed by atoms with Crippen LogP contribution in [0.1, 0.15) is 42.2 Å². The van der Waals surface area contributed by atoms with Crippen molar-refractivity contribution < 1.29 is 19.1 Å². The highest BCUT2D eigenvalue weighted by atomic mass is 16.5. The molecule has 31 heavy (non-hydrogen) atoms. The number of benzene rings is 3. The predicted molar refractivity (Wildman–Crippen MR) is 114 cm³/mol. The maximum atomic E-state index is 13.1. The Hall–Kier alpha value is -3.93.